The Kier molecular flexibility index (Phi) is 25.7. The molecule has 0 saturated carbocycles. The number of pyridine rings is 3. The van der Waals surface area contributed by atoms with Crippen molar-refractivity contribution in [3.63, 3.8) is 0 Å². The van der Waals surface area contributed by atoms with Gasteiger partial charge in [0.05, 0.1) is 30.9 Å². The third kappa shape index (κ3) is 17.5. The summed E-state index contributed by atoms with van der Waals surface area (Å²) in [6.07, 6.45) is 4.18. The van der Waals surface area contributed by atoms with Crippen molar-refractivity contribution >= 4 is 121 Å². The Morgan fingerprint density at radius 3 is 0.667 bits per heavy atom. The second-order valence-corrected chi connectivity index (χ2v) is 22.1. The van der Waals surface area contributed by atoms with E-state index in [0.717, 1.165) is 17.1 Å². The maximum absolute atomic E-state index is 4.81. The van der Waals surface area contributed by atoms with Crippen molar-refractivity contribution < 1.29 is 17.1 Å². The molecule has 0 bridgehead atoms. The average molecular weight is 1130 g/mol. The van der Waals surface area contributed by atoms with Gasteiger partial charge in [0.15, 0.2) is 8.59 Å². The largest absolute Gasteiger partial charge is 1.00 e. The molecule has 3 aromatic heterocycles. The molecule has 0 fully saturated rings. The van der Waals surface area contributed by atoms with Crippen LogP contribution in [0.5, 0.6) is 0 Å². The number of aromatic nitrogens is 3. The van der Waals surface area contributed by atoms with Crippen LogP contribution in [0, 0.1) is 0 Å². The molecular weight excluding hydrogens is 1080 g/mol. The van der Waals surface area contributed by atoms with Crippen LogP contribution in [0.3, 0.4) is 0 Å². The normalized spacial score (nSPS) is 10.5. The van der Waals surface area contributed by atoms with E-state index in [0.29, 0.717) is 0 Å². The Bertz CT molecular complexity index is 2450. The molecule has 0 aliphatic heterocycles. The van der Waals surface area contributed by atoms with E-state index in [1.165, 1.54) is 37.8 Å². The number of benzene rings is 7. The van der Waals surface area contributed by atoms with Gasteiger partial charge in [-0.15, -0.1) is 0 Å². The minimum absolute atomic E-state index is 0. The molecule has 0 aliphatic rings. The maximum atomic E-state index is 4.81. The number of halogens is 6. The number of hydrogen-bond acceptors (Lipinski definition) is 3. The van der Waals surface area contributed by atoms with Crippen molar-refractivity contribution in [1.29, 1.82) is 0 Å². The van der Waals surface area contributed by atoms with E-state index in [1.807, 2.05) is 54.6 Å². The van der Waals surface area contributed by atoms with Crippen molar-refractivity contribution in [3.8, 4) is 0 Å². The summed E-state index contributed by atoms with van der Waals surface area (Å²) in [6, 6.07) is 93.8. The van der Waals surface area contributed by atoms with Crippen LogP contribution >= 0.6 is 77.5 Å². The number of rotatable bonds is 10. The molecule has 366 valence electrons. The van der Waals surface area contributed by atoms with Crippen molar-refractivity contribution in [1.82, 2.24) is 15.0 Å². The molecular formula is C60H51BCl6CuN3P+. The van der Waals surface area contributed by atoms with Gasteiger partial charge in [-0.1, -0.05) is 264 Å². The minimum atomic E-state index is -1.22. The van der Waals surface area contributed by atoms with Crippen LogP contribution in [-0.2, 0) is 17.1 Å². The van der Waals surface area contributed by atoms with Gasteiger partial charge in [-0.25, -0.2) is 0 Å². The third-order valence-electron chi connectivity index (χ3n) is 11.3. The van der Waals surface area contributed by atoms with Crippen molar-refractivity contribution in [3.05, 3.63) is 303 Å². The summed E-state index contributed by atoms with van der Waals surface area (Å²) in [5.74, 6) is -0.0244. The van der Waals surface area contributed by atoms with E-state index < -0.39 is 22.7 Å². The second kappa shape index (κ2) is 32.0. The van der Waals surface area contributed by atoms with Gasteiger partial charge < -0.3 is 0 Å². The minimum Gasteiger partial charge on any atom is -0.260 e. The molecule has 12 heteroatoms. The topological polar surface area (TPSA) is 38.7 Å². The molecule has 0 N–H and O–H groups in total. The fraction of sp³-hybridized carbons (Fsp3) is 0.0500. The van der Waals surface area contributed by atoms with E-state index in [4.69, 9.17) is 69.6 Å². The van der Waals surface area contributed by atoms with Gasteiger partial charge in [-0.3, -0.25) is 15.0 Å². The molecule has 7 aromatic carbocycles. The summed E-state index contributed by atoms with van der Waals surface area (Å²) in [7, 11) is -0.877. The summed E-state index contributed by atoms with van der Waals surface area (Å²) < 4.78 is -1.50. The number of alkyl halides is 6. The number of nitrogens with zero attached hydrogens (tertiary/aromatic N) is 3. The Morgan fingerprint density at radius 1 is 0.278 bits per heavy atom. The first-order valence-electron chi connectivity index (χ1n) is 22.8. The van der Waals surface area contributed by atoms with Gasteiger partial charge in [-0.2, -0.15) is 21.9 Å². The molecule has 10 rings (SSSR count). The van der Waals surface area contributed by atoms with Crippen LogP contribution in [-0.4, -0.2) is 29.7 Å². The predicted octanol–water partition coefficient (Wildman–Crippen LogP) is 13.3. The van der Waals surface area contributed by atoms with Gasteiger partial charge in [0, 0.05) is 18.6 Å². The van der Waals surface area contributed by atoms with Crippen LogP contribution in [0.1, 0.15) is 23.0 Å². The first-order chi connectivity index (χ1) is 34.8. The summed E-state index contributed by atoms with van der Waals surface area (Å²) in [4.78, 5) is 13.4. The summed E-state index contributed by atoms with van der Waals surface area (Å²) >= 11 is 28.8. The molecule has 72 heavy (non-hydrogen) atoms. The van der Waals surface area contributed by atoms with E-state index in [-0.39, 0.29) is 23.0 Å². The van der Waals surface area contributed by atoms with Crippen LogP contribution in [0.15, 0.2) is 286 Å². The number of hydrogen-bond donors (Lipinski definition) is 0. The quantitative estimate of drug-likeness (QED) is 0.0778. The first-order valence-corrected chi connectivity index (χ1v) is 26.9. The molecule has 0 spiro atoms. The molecule has 0 saturated heterocycles. The Hall–Kier alpha value is -5.26. The van der Waals surface area contributed by atoms with Crippen molar-refractivity contribution in [2.75, 3.05) is 0 Å². The molecule has 0 unspecified atom stereocenters. The Morgan fingerprint density at radius 2 is 0.472 bits per heavy atom. The summed E-state index contributed by atoms with van der Waals surface area (Å²) in [5.41, 5.74) is 8.23. The SMILES string of the molecule is ClC(Cl)Cl.ClC(Cl)Cl.[Cu+].c1ccc(C(c2ccccn2)c2ccccn2)nc1.c1ccc([B-](c2ccccc2)(c2ccccc2)c2ccccc2)cc1.c1ccc([PH+](c2ccccc2)c2ccccc2)cc1. The zero-order valence-electron chi connectivity index (χ0n) is 38.9. The Labute approximate surface area is 466 Å². The third-order valence-corrected chi connectivity index (χ3v) is 14.1. The summed E-state index contributed by atoms with van der Waals surface area (Å²) in [6.45, 7) is 0. The molecule has 0 amide bonds. The van der Waals surface area contributed by atoms with Gasteiger partial charge in [0.25, 0.3) is 0 Å². The average Bonchev–Trinajstić information content (AvgIpc) is 3.42. The molecule has 0 atom stereocenters. The Balaban J connectivity index is 0.000000187. The molecule has 10 aromatic rings. The van der Waals surface area contributed by atoms with Crippen LogP contribution in [0.4, 0.5) is 0 Å². The van der Waals surface area contributed by atoms with Crippen LogP contribution in [0.2, 0.25) is 0 Å². The van der Waals surface area contributed by atoms with Gasteiger partial charge in [-0.05, 0) is 72.8 Å². The zero-order chi connectivity index (χ0) is 49.9. The smallest absolute Gasteiger partial charge is 0.260 e. The van der Waals surface area contributed by atoms with Crippen LogP contribution in [0.25, 0.3) is 0 Å². The van der Waals surface area contributed by atoms with E-state index in [1.54, 1.807) is 18.6 Å². The van der Waals surface area contributed by atoms with Crippen molar-refractivity contribution in [2.45, 2.75) is 14.5 Å². The van der Waals surface area contributed by atoms with Gasteiger partial charge in [0.2, 0.25) is 0 Å². The molecule has 3 heterocycles. The predicted molar refractivity (Wildman–Crippen MR) is 313 cm³/mol. The summed E-state index contributed by atoms with van der Waals surface area (Å²) in [5, 5.41) is 4.31. The van der Waals surface area contributed by atoms with Gasteiger partial charge in [0.1, 0.15) is 22.1 Å². The fourth-order valence-corrected chi connectivity index (χ4v) is 11.1. The standard InChI is InChI=1S/C24H20B.C18H15P.C16H13N3.2CHCl3.Cu/c1-5-13-21(14-6-1)25(22-15-7-2-8-16-22,23-17-9-3-10-18-23)24-19-11-4-12-20-24;1-4-10-16(11-5-1)19(17-12-6-2-7-13-17)18-14-8-3-9-15-18;1-4-10-17-13(7-1)16(14-8-2-5-11-18-14)15-9-3-6-12-19-15;2*2-1(3)4;/h1-20H;1-15H;1-12,16H;2*1H;/q-1;;;;;+1/p+1. The van der Waals surface area contributed by atoms with E-state index in [9.17, 15) is 0 Å². The van der Waals surface area contributed by atoms with Crippen LogP contribution < -0.4 is 37.8 Å². The monoisotopic (exact) mass is 1130 g/mol. The molecule has 3 nitrogen and oxygen atoms in total. The van der Waals surface area contributed by atoms with E-state index in [2.05, 4.69) is 227 Å². The van der Waals surface area contributed by atoms with E-state index >= 15 is 0 Å². The second-order valence-electron chi connectivity index (χ2n) is 15.7. The fourth-order valence-electron chi connectivity index (χ4n) is 8.53. The first kappa shape index (κ1) is 57.6. The van der Waals surface area contributed by atoms with Gasteiger partial charge >= 0.3 is 17.1 Å². The maximum Gasteiger partial charge on any atom is 1.00 e. The molecule has 0 aliphatic carbocycles. The zero-order valence-corrected chi connectivity index (χ0v) is 45.3. The molecule has 0 radical (unpaired) electrons. The van der Waals surface area contributed by atoms with Crippen molar-refractivity contribution in [2.24, 2.45) is 0 Å².